The Labute approximate surface area is 82.6 Å². The van der Waals surface area contributed by atoms with Crippen molar-refractivity contribution in [3.8, 4) is 0 Å². The number of nitrogens with two attached hydrogens (primary N) is 1. The highest BCUT2D eigenvalue weighted by molar-refractivity contribution is 5.78. The highest BCUT2D eigenvalue weighted by atomic mass is 16.6. The van der Waals surface area contributed by atoms with E-state index in [9.17, 15) is 4.79 Å². The molecule has 76 valence electrons. The van der Waals surface area contributed by atoms with Crippen molar-refractivity contribution in [3.05, 3.63) is 29.8 Å². The van der Waals surface area contributed by atoms with Gasteiger partial charge in [-0.05, 0) is 6.07 Å². The largest absolute Gasteiger partial charge is 0.467 e. The number of benzene rings is 1. The van der Waals surface area contributed by atoms with Gasteiger partial charge >= 0.3 is 5.97 Å². The Morgan fingerprint density at radius 1 is 1.36 bits per heavy atom. The second kappa shape index (κ2) is 4.62. The molecule has 0 aliphatic rings. The maximum Gasteiger partial charge on any atom is 0.339 e. The summed E-state index contributed by atoms with van der Waals surface area (Å²) in [6.07, 6.45) is -0.749. The molecule has 0 heterocycles. The fraction of sp³-hybridized carbons (Fsp3) is 0.300. The maximum atomic E-state index is 11.3. The van der Waals surface area contributed by atoms with Crippen molar-refractivity contribution in [3.63, 3.8) is 0 Å². The van der Waals surface area contributed by atoms with E-state index in [-0.39, 0.29) is 0 Å². The molecular formula is C10H13NO3. The van der Waals surface area contributed by atoms with E-state index in [4.69, 9.17) is 10.5 Å². The number of hydrogen-bond acceptors (Lipinski definition) is 4. The first-order chi connectivity index (χ1) is 6.70. The maximum absolute atomic E-state index is 11.3. The van der Waals surface area contributed by atoms with E-state index < -0.39 is 12.1 Å². The molecule has 0 saturated carbocycles. The Hall–Kier alpha value is -1.55. The minimum Gasteiger partial charge on any atom is -0.467 e. The lowest BCUT2D eigenvalue weighted by atomic mass is 10.1. The Kier molecular flexibility index (Phi) is 3.48. The van der Waals surface area contributed by atoms with Crippen LogP contribution in [0.2, 0.25) is 0 Å². The van der Waals surface area contributed by atoms with Gasteiger partial charge in [0.25, 0.3) is 0 Å². The average Bonchev–Trinajstić information content (AvgIpc) is 2.21. The zero-order valence-electron chi connectivity index (χ0n) is 8.19. The van der Waals surface area contributed by atoms with Crippen LogP contribution in [0.5, 0.6) is 0 Å². The van der Waals surface area contributed by atoms with Crippen LogP contribution in [-0.4, -0.2) is 20.2 Å². The van der Waals surface area contributed by atoms with Crippen LogP contribution in [0.3, 0.4) is 0 Å². The molecular weight excluding hydrogens is 182 g/mol. The van der Waals surface area contributed by atoms with Crippen LogP contribution < -0.4 is 5.73 Å². The van der Waals surface area contributed by atoms with Crippen LogP contribution in [-0.2, 0) is 14.3 Å². The molecule has 0 aromatic heterocycles. The highest BCUT2D eigenvalue weighted by Crippen LogP contribution is 2.23. The van der Waals surface area contributed by atoms with Gasteiger partial charge in [0.05, 0.1) is 7.11 Å². The Morgan fingerprint density at radius 3 is 2.50 bits per heavy atom. The van der Waals surface area contributed by atoms with Crippen molar-refractivity contribution in [2.45, 2.75) is 6.10 Å². The number of rotatable bonds is 3. The summed E-state index contributed by atoms with van der Waals surface area (Å²) in [4.78, 5) is 11.3. The number of carbonyl (C=O) groups excluding carboxylic acids is 1. The summed E-state index contributed by atoms with van der Waals surface area (Å²) in [6, 6.07) is 7.04. The highest BCUT2D eigenvalue weighted by Gasteiger charge is 2.22. The molecule has 1 aromatic rings. The predicted octanol–water partition coefficient (Wildman–Crippen LogP) is 1.13. The molecule has 0 saturated heterocycles. The number of hydrogen-bond donors (Lipinski definition) is 1. The molecule has 1 atom stereocenters. The van der Waals surface area contributed by atoms with E-state index in [1.807, 2.05) is 0 Å². The van der Waals surface area contributed by atoms with E-state index in [0.717, 1.165) is 0 Å². The van der Waals surface area contributed by atoms with Crippen molar-refractivity contribution >= 4 is 11.7 Å². The summed E-state index contributed by atoms with van der Waals surface area (Å²) in [6.45, 7) is 0. The molecule has 0 radical (unpaired) electrons. The lowest BCUT2D eigenvalue weighted by Gasteiger charge is -2.14. The summed E-state index contributed by atoms with van der Waals surface area (Å²) in [5.74, 6) is -0.453. The third-order valence-corrected chi connectivity index (χ3v) is 1.93. The topological polar surface area (TPSA) is 61.5 Å². The number of para-hydroxylation sites is 1. The van der Waals surface area contributed by atoms with Crippen molar-refractivity contribution in [1.29, 1.82) is 0 Å². The van der Waals surface area contributed by atoms with Crippen molar-refractivity contribution in [1.82, 2.24) is 0 Å². The quantitative estimate of drug-likeness (QED) is 0.580. The summed E-state index contributed by atoms with van der Waals surface area (Å²) in [7, 11) is 2.75. The molecule has 1 unspecified atom stereocenters. The first-order valence-corrected chi connectivity index (χ1v) is 4.15. The van der Waals surface area contributed by atoms with Gasteiger partial charge in [0, 0.05) is 18.4 Å². The SMILES string of the molecule is COC(=O)C(OC)c1ccccc1N. The molecule has 4 heteroatoms. The van der Waals surface area contributed by atoms with Crippen molar-refractivity contribution < 1.29 is 14.3 Å². The van der Waals surface area contributed by atoms with E-state index >= 15 is 0 Å². The molecule has 1 aromatic carbocycles. The van der Waals surface area contributed by atoms with Gasteiger partial charge in [0.15, 0.2) is 6.10 Å². The van der Waals surface area contributed by atoms with Crippen LogP contribution in [0.15, 0.2) is 24.3 Å². The number of carbonyl (C=O) groups is 1. The molecule has 0 fully saturated rings. The zero-order chi connectivity index (χ0) is 10.6. The molecule has 2 N–H and O–H groups in total. The van der Waals surface area contributed by atoms with E-state index in [1.165, 1.54) is 14.2 Å². The van der Waals surface area contributed by atoms with Gasteiger partial charge in [-0.3, -0.25) is 0 Å². The first kappa shape index (κ1) is 10.5. The number of ether oxygens (including phenoxy) is 2. The van der Waals surface area contributed by atoms with Crippen LogP contribution in [0.1, 0.15) is 11.7 Å². The predicted molar refractivity (Wildman–Crippen MR) is 52.6 cm³/mol. The van der Waals surface area contributed by atoms with E-state index in [0.29, 0.717) is 11.3 Å². The van der Waals surface area contributed by atoms with Crippen molar-refractivity contribution in [2.75, 3.05) is 20.0 Å². The number of methoxy groups -OCH3 is 2. The molecule has 0 aliphatic heterocycles. The van der Waals surface area contributed by atoms with Gasteiger partial charge < -0.3 is 15.2 Å². The second-order valence-electron chi connectivity index (χ2n) is 2.77. The normalized spacial score (nSPS) is 12.1. The Balaban J connectivity index is 3.01. The monoisotopic (exact) mass is 195 g/mol. The molecule has 0 aliphatic carbocycles. The van der Waals surface area contributed by atoms with Gasteiger partial charge in [-0.1, -0.05) is 18.2 Å². The fourth-order valence-electron chi connectivity index (χ4n) is 1.21. The summed E-state index contributed by atoms with van der Waals surface area (Å²) >= 11 is 0. The summed E-state index contributed by atoms with van der Waals surface area (Å²) < 4.78 is 9.61. The lowest BCUT2D eigenvalue weighted by Crippen LogP contribution is -2.17. The molecule has 4 nitrogen and oxygen atoms in total. The van der Waals surface area contributed by atoms with Gasteiger partial charge in [-0.25, -0.2) is 4.79 Å². The minimum absolute atomic E-state index is 0.453. The summed E-state index contributed by atoms with van der Waals surface area (Å²) in [5.41, 5.74) is 6.85. The number of anilines is 1. The van der Waals surface area contributed by atoms with E-state index in [1.54, 1.807) is 24.3 Å². The van der Waals surface area contributed by atoms with Gasteiger partial charge in [-0.2, -0.15) is 0 Å². The number of esters is 1. The third kappa shape index (κ3) is 2.03. The molecule has 14 heavy (non-hydrogen) atoms. The molecule has 0 amide bonds. The average molecular weight is 195 g/mol. The lowest BCUT2D eigenvalue weighted by molar-refractivity contribution is -0.152. The smallest absolute Gasteiger partial charge is 0.339 e. The van der Waals surface area contributed by atoms with E-state index in [2.05, 4.69) is 4.74 Å². The van der Waals surface area contributed by atoms with Gasteiger partial charge in [-0.15, -0.1) is 0 Å². The van der Waals surface area contributed by atoms with Gasteiger partial charge in [0.1, 0.15) is 0 Å². The van der Waals surface area contributed by atoms with Crippen LogP contribution in [0.25, 0.3) is 0 Å². The Bertz CT molecular complexity index is 325. The second-order valence-corrected chi connectivity index (χ2v) is 2.77. The zero-order valence-corrected chi connectivity index (χ0v) is 8.19. The molecule has 0 bridgehead atoms. The van der Waals surface area contributed by atoms with Crippen LogP contribution in [0, 0.1) is 0 Å². The molecule has 1 rings (SSSR count). The van der Waals surface area contributed by atoms with Crippen molar-refractivity contribution in [2.24, 2.45) is 0 Å². The standard InChI is InChI=1S/C10H13NO3/c1-13-9(10(12)14-2)7-5-3-4-6-8(7)11/h3-6,9H,11H2,1-2H3. The first-order valence-electron chi connectivity index (χ1n) is 4.15. The summed E-state index contributed by atoms with van der Waals surface area (Å²) in [5, 5.41) is 0. The van der Waals surface area contributed by atoms with Gasteiger partial charge in [0.2, 0.25) is 0 Å². The van der Waals surface area contributed by atoms with Crippen LogP contribution >= 0.6 is 0 Å². The Morgan fingerprint density at radius 2 is 2.00 bits per heavy atom. The van der Waals surface area contributed by atoms with Crippen LogP contribution in [0.4, 0.5) is 5.69 Å². The fourth-order valence-corrected chi connectivity index (χ4v) is 1.21. The third-order valence-electron chi connectivity index (χ3n) is 1.93. The number of nitrogen functional groups attached to an aromatic ring is 1. The minimum atomic E-state index is -0.749. The molecule has 0 spiro atoms.